The summed E-state index contributed by atoms with van der Waals surface area (Å²) < 4.78 is 5.80. The Bertz CT molecular complexity index is 109. The molecule has 1 rings (SSSR count). The summed E-state index contributed by atoms with van der Waals surface area (Å²) in [4.78, 5) is 0. The molecular formula is C10H20O. The van der Waals surface area contributed by atoms with E-state index in [0.29, 0.717) is 12.2 Å². The number of rotatable bonds is 2. The SMILES string of the molecule is CC(C)O[C@@H]1CCCC[C@@H]1C. The van der Waals surface area contributed by atoms with Crippen molar-refractivity contribution in [3.05, 3.63) is 0 Å². The van der Waals surface area contributed by atoms with Crippen molar-refractivity contribution in [1.82, 2.24) is 0 Å². The molecule has 0 spiro atoms. The highest BCUT2D eigenvalue weighted by molar-refractivity contribution is 4.72. The molecule has 1 fully saturated rings. The van der Waals surface area contributed by atoms with Crippen LogP contribution in [0.4, 0.5) is 0 Å². The molecule has 0 N–H and O–H groups in total. The zero-order chi connectivity index (χ0) is 8.27. The van der Waals surface area contributed by atoms with Crippen LogP contribution in [0.1, 0.15) is 46.5 Å². The van der Waals surface area contributed by atoms with E-state index in [1.54, 1.807) is 0 Å². The maximum atomic E-state index is 5.80. The van der Waals surface area contributed by atoms with Crippen LogP contribution in [0.5, 0.6) is 0 Å². The second-order valence-corrected chi connectivity index (χ2v) is 3.99. The summed E-state index contributed by atoms with van der Waals surface area (Å²) in [7, 11) is 0. The van der Waals surface area contributed by atoms with Crippen molar-refractivity contribution in [1.29, 1.82) is 0 Å². The Morgan fingerprint density at radius 2 is 1.82 bits per heavy atom. The first-order chi connectivity index (χ1) is 5.20. The van der Waals surface area contributed by atoms with E-state index in [2.05, 4.69) is 20.8 Å². The van der Waals surface area contributed by atoms with Gasteiger partial charge in [-0.2, -0.15) is 0 Å². The van der Waals surface area contributed by atoms with Gasteiger partial charge in [0.15, 0.2) is 0 Å². The molecule has 1 aliphatic carbocycles. The zero-order valence-electron chi connectivity index (χ0n) is 7.97. The minimum atomic E-state index is 0.403. The lowest BCUT2D eigenvalue weighted by atomic mass is 9.88. The highest BCUT2D eigenvalue weighted by Gasteiger charge is 2.22. The fraction of sp³-hybridized carbons (Fsp3) is 1.00. The Labute approximate surface area is 70.1 Å². The molecule has 0 radical (unpaired) electrons. The van der Waals surface area contributed by atoms with Crippen molar-refractivity contribution in [2.24, 2.45) is 5.92 Å². The van der Waals surface area contributed by atoms with E-state index in [4.69, 9.17) is 4.74 Å². The Morgan fingerprint density at radius 3 is 2.36 bits per heavy atom. The van der Waals surface area contributed by atoms with Gasteiger partial charge in [-0.3, -0.25) is 0 Å². The highest BCUT2D eigenvalue weighted by Crippen LogP contribution is 2.26. The van der Waals surface area contributed by atoms with Crippen LogP contribution in [0, 0.1) is 5.92 Å². The molecule has 0 unspecified atom stereocenters. The molecule has 66 valence electrons. The second kappa shape index (κ2) is 4.10. The molecule has 1 aliphatic rings. The lowest BCUT2D eigenvalue weighted by Crippen LogP contribution is -2.28. The standard InChI is InChI=1S/C10H20O/c1-8(2)11-10-7-5-4-6-9(10)3/h8-10H,4-7H2,1-3H3/t9-,10+/m0/s1. The average molecular weight is 156 g/mol. The minimum Gasteiger partial charge on any atom is -0.375 e. The van der Waals surface area contributed by atoms with Crippen molar-refractivity contribution in [3.8, 4) is 0 Å². The van der Waals surface area contributed by atoms with E-state index in [-0.39, 0.29) is 0 Å². The maximum Gasteiger partial charge on any atom is 0.0604 e. The minimum absolute atomic E-state index is 0.403. The zero-order valence-corrected chi connectivity index (χ0v) is 7.97. The molecule has 0 aromatic carbocycles. The number of hydrogen-bond acceptors (Lipinski definition) is 1. The molecule has 0 saturated heterocycles. The third-order valence-corrected chi connectivity index (χ3v) is 2.48. The molecule has 0 heterocycles. The van der Waals surface area contributed by atoms with Crippen molar-refractivity contribution < 1.29 is 4.74 Å². The molecule has 0 bridgehead atoms. The largest absolute Gasteiger partial charge is 0.375 e. The Hall–Kier alpha value is -0.0400. The third-order valence-electron chi connectivity index (χ3n) is 2.48. The predicted octanol–water partition coefficient (Wildman–Crippen LogP) is 2.99. The van der Waals surface area contributed by atoms with Gasteiger partial charge in [0.25, 0.3) is 0 Å². The van der Waals surface area contributed by atoms with Crippen molar-refractivity contribution in [2.45, 2.75) is 58.7 Å². The Morgan fingerprint density at radius 1 is 1.18 bits per heavy atom. The van der Waals surface area contributed by atoms with Crippen LogP contribution in [0.3, 0.4) is 0 Å². The lowest BCUT2D eigenvalue weighted by molar-refractivity contribution is -0.0400. The van der Waals surface area contributed by atoms with Crippen LogP contribution in [-0.2, 0) is 4.74 Å². The van der Waals surface area contributed by atoms with Gasteiger partial charge in [0, 0.05) is 0 Å². The van der Waals surface area contributed by atoms with Crippen LogP contribution in [0.15, 0.2) is 0 Å². The number of hydrogen-bond donors (Lipinski definition) is 0. The smallest absolute Gasteiger partial charge is 0.0604 e. The first-order valence-electron chi connectivity index (χ1n) is 4.85. The van der Waals surface area contributed by atoms with Crippen molar-refractivity contribution in [2.75, 3.05) is 0 Å². The summed E-state index contributed by atoms with van der Waals surface area (Å²) in [6, 6.07) is 0. The topological polar surface area (TPSA) is 9.23 Å². The summed E-state index contributed by atoms with van der Waals surface area (Å²) in [5.41, 5.74) is 0. The first kappa shape index (κ1) is 9.05. The van der Waals surface area contributed by atoms with Crippen LogP contribution in [0.25, 0.3) is 0 Å². The molecule has 2 atom stereocenters. The van der Waals surface area contributed by atoms with Crippen molar-refractivity contribution in [3.63, 3.8) is 0 Å². The average Bonchev–Trinajstić information content (AvgIpc) is 1.93. The molecule has 1 saturated carbocycles. The van der Waals surface area contributed by atoms with E-state index in [1.807, 2.05) is 0 Å². The van der Waals surface area contributed by atoms with Gasteiger partial charge in [0.05, 0.1) is 12.2 Å². The van der Waals surface area contributed by atoms with E-state index in [9.17, 15) is 0 Å². The van der Waals surface area contributed by atoms with E-state index >= 15 is 0 Å². The summed E-state index contributed by atoms with van der Waals surface area (Å²) in [5.74, 6) is 0.783. The van der Waals surface area contributed by atoms with Crippen LogP contribution < -0.4 is 0 Å². The fourth-order valence-corrected chi connectivity index (χ4v) is 1.83. The second-order valence-electron chi connectivity index (χ2n) is 3.99. The van der Waals surface area contributed by atoms with Crippen LogP contribution >= 0.6 is 0 Å². The maximum absolute atomic E-state index is 5.80. The molecule has 1 heteroatoms. The fourth-order valence-electron chi connectivity index (χ4n) is 1.83. The Kier molecular flexibility index (Phi) is 3.38. The lowest BCUT2D eigenvalue weighted by Gasteiger charge is -2.30. The summed E-state index contributed by atoms with van der Waals surface area (Å²) >= 11 is 0. The summed E-state index contributed by atoms with van der Waals surface area (Å²) in [6.07, 6.45) is 6.35. The molecule has 0 amide bonds. The normalized spacial score (nSPS) is 32.7. The molecule has 0 aliphatic heterocycles. The predicted molar refractivity (Wildman–Crippen MR) is 47.6 cm³/mol. The number of ether oxygens (including phenoxy) is 1. The third kappa shape index (κ3) is 2.82. The Balaban J connectivity index is 2.29. The molecule has 11 heavy (non-hydrogen) atoms. The summed E-state index contributed by atoms with van der Waals surface area (Å²) in [5, 5.41) is 0. The molecular weight excluding hydrogens is 136 g/mol. The summed E-state index contributed by atoms with van der Waals surface area (Å²) in [6.45, 7) is 6.56. The van der Waals surface area contributed by atoms with Gasteiger partial charge in [-0.25, -0.2) is 0 Å². The van der Waals surface area contributed by atoms with Gasteiger partial charge in [0.1, 0.15) is 0 Å². The highest BCUT2D eigenvalue weighted by atomic mass is 16.5. The van der Waals surface area contributed by atoms with E-state index < -0.39 is 0 Å². The molecule has 0 aromatic rings. The van der Waals surface area contributed by atoms with Gasteiger partial charge in [-0.05, 0) is 32.6 Å². The van der Waals surface area contributed by atoms with Gasteiger partial charge in [-0.15, -0.1) is 0 Å². The molecule has 0 aromatic heterocycles. The van der Waals surface area contributed by atoms with Gasteiger partial charge in [-0.1, -0.05) is 19.8 Å². The quantitative estimate of drug-likeness (QED) is 0.597. The van der Waals surface area contributed by atoms with Gasteiger partial charge >= 0.3 is 0 Å². The first-order valence-corrected chi connectivity index (χ1v) is 4.85. The van der Waals surface area contributed by atoms with Crippen molar-refractivity contribution >= 4 is 0 Å². The van der Waals surface area contributed by atoms with E-state index in [1.165, 1.54) is 25.7 Å². The molecule has 1 nitrogen and oxygen atoms in total. The van der Waals surface area contributed by atoms with Crippen LogP contribution in [0.2, 0.25) is 0 Å². The van der Waals surface area contributed by atoms with Gasteiger partial charge < -0.3 is 4.74 Å². The van der Waals surface area contributed by atoms with Gasteiger partial charge in [0.2, 0.25) is 0 Å². The van der Waals surface area contributed by atoms with Crippen LogP contribution in [-0.4, -0.2) is 12.2 Å². The monoisotopic (exact) mass is 156 g/mol. The van der Waals surface area contributed by atoms with E-state index in [0.717, 1.165) is 5.92 Å².